The van der Waals surface area contributed by atoms with Gasteiger partial charge in [-0.25, -0.2) is 0 Å². The van der Waals surface area contributed by atoms with Gasteiger partial charge < -0.3 is 4.57 Å². The van der Waals surface area contributed by atoms with Gasteiger partial charge in [0.15, 0.2) is 5.16 Å². The third-order valence-electron chi connectivity index (χ3n) is 3.85. The number of carbonyl (C=O) groups excluding carboxylic acids is 2. The van der Waals surface area contributed by atoms with Gasteiger partial charge >= 0.3 is 4.87 Å². The number of benzene rings is 1. The molecular formula is C17H18N6O3S2. The van der Waals surface area contributed by atoms with E-state index in [0.717, 1.165) is 22.1 Å². The molecule has 3 aromatic rings. The van der Waals surface area contributed by atoms with Crippen LogP contribution >= 0.6 is 23.1 Å². The van der Waals surface area contributed by atoms with Crippen LogP contribution < -0.4 is 15.7 Å². The number of hydrazine groups is 1. The van der Waals surface area contributed by atoms with Crippen LogP contribution in [-0.2, 0) is 24.1 Å². The Balaban J connectivity index is 1.49. The van der Waals surface area contributed by atoms with Gasteiger partial charge in [-0.3, -0.25) is 29.8 Å². The zero-order valence-corrected chi connectivity index (χ0v) is 16.8. The van der Waals surface area contributed by atoms with E-state index < -0.39 is 11.8 Å². The summed E-state index contributed by atoms with van der Waals surface area (Å²) in [5.74, 6) is -0.219. The van der Waals surface area contributed by atoms with Crippen LogP contribution in [0.2, 0.25) is 0 Å². The standard InChI is InChI=1S/C17H18N6O3S2/c1-11-8-28-17(26)23(11)7-14(24)19-20-15(25)13-5-3-12(4-6-13)9-27-16-21-18-10-22(16)2/h3-6,8,10H,7,9H2,1-2H3,(H,19,24)(H,20,25). The molecule has 0 spiro atoms. The summed E-state index contributed by atoms with van der Waals surface area (Å²) in [5.41, 5.74) is 6.82. The predicted molar refractivity (Wildman–Crippen MR) is 106 cm³/mol. The second-order valence-electron chi connectivity index (χ2n) is 5.94. The van der Waals surface area contributed by atoms with E-state index in [1.165, 1.54) is 4.57 Å². The Morgan fingerprint density at radius 2 is 1.96 bits per heavy atom. The molecule has 0 fully saturated rings. The van der Waals surface area contributed by atoms with Crippen molar-refractivity contribution in [3.05, 3.63) is 62.5 Å². The molecule has 9 nitrogen and oxygen atoms in total. The molecule has 2 N–H and O–H groups in total. The SMILES string of the molecule is Cc1csc(=O)n1CC(=O)NNC(=O)c1ccc(CSc2nncn2C)cc1. The van der Waals surface area contributed by atoms with Crippen molar-refractivity contribution in [1.29, 1.82) is 0 Å². The fourth-order valence-corrected chi connectivity index (χ4v) is 3.86. The number of aromatic nitrogens is 4. The van der Waals surface area contributed by atoms with Gasteiger partial charge in [0, 0.05) is 29.4 Å². The molecule has 0 aliphatic heterocycles. The minimum atomic E-state index is -0.478. The van der Waals surface area contributed by atoms with Crippen molar-refractivity contribution in [2.75, 3.05) is 0 Å². The van der Waals surface area contributed by atoms with Crippen molar-refractivity contribution in [2.45, 2.75) is 24.4 Å². The van der Waals surface area contributed by atoms with Gasteiger partial charge in [0.1, 0.15) is 12.9 Å². The monoisotopic (exact) mass is 418 g/mol. The van der Waals surface area contributed by atoms with Gasteiger partial charge in [0.25, 0.3) is 11.8 Å². The normalized spacial score (nSPS) is 10.6. The molecule has 0 atom stereocenters. The largest absolute Gasteiger partial charge is 0.312 e. The molecule has 28 heavy (non-hydrogen) atoms. The summed E-state index contributed by atoms with van der Waals surface area (Å²) in [6.07, 6.45) is 1.64. The maximum atomic E-state index is 12.2. The molecule has 0 saturated carbocycles. The van der Waals surface area contributed by atoms with Gasteiger partial charge in [-0.05, 0) is 24.6 Å². The smallest absolute Gasteiger partial charge is 0.307 e. The zero-order valence-electron chi connectivity index (χ0n) is 15.2. The molecule has 0 aliphatic carbocycles. The molecule has 0 radical (unpaired) electrons. The van der Waals surface area contributed by atoms with E-state index in [-0.39, 0.29) is 11.4 Å². The summed E-state index contributed by atoms with van der Waals surface area (Å²) in [7, 11) is 1.88. The first-order chi connectivity index (χ1) is 13.4. The Morgan fingerprint density at radius 1 is 1.21 bits per heavy atom. The number of nitrogens with one attached hydrogen (secondary N) is 2. The van der Waals surface area contributed by atoms with Crippen LogP contribution in [0.3, 0.4) is 0 Å². The van der Waals surface area contributed by atoms with E-state index in [0.29, 0.717) is 17.0 Å². The van der Waals surface area contributed by atoms with Crippen molar-refractivity contribution < 1.29 is 9.59 Å². The minimum absolute atomic E-state index is 0.146. The second-order valence-corrected chi connectivity index (χ2v) is 7.70. The van der Waals surface area contributed by atoms with E-state index >= 15 is 0 Å². The quantitative estimate of drug-likeness (QED) is 0.458. The van der Waals surface area contributed by atoms with Crippen molar-refractivity contribution in [3.8, 4) is 0 Å². The van der Waals surface area contributed by atoms with Crippen molar-refractivity contribution in [3.63, 3.8) is 0 Å². The minimum Gasteiger partial charge on any atom is -0.312 e. The summed E-state index contributed by atoms with van der Waals surface area (Å²) in [6, 6.07) is 7.05. The highest BCUT2D eigenvalue weighted by molar-refractivity contribution is 7.98. The van der Waals surface area contributed by atoms with Crippen LogP contribution in [0.25, 0.3) is 0 Å². The van der Waals surface area contributed by atoms with E-state index in [1.54, 1.807) is 42.5 Å². The number of rotatable bonds is 6. The van der Waals surface area contributed by atoms with Crippen LogP contribution in [0.15, 0.2) is 45.9 Å². The summed E-state index contributed by atoms with van der Waals surface area (Å²) in [6.45, 7) is 1.60. The fourth-order valence-electron chi connectivity index (χ4n) is 2.28. The molecule has 0 bridgehead atoms. The van der Waals surface area contributed by atoms with Gasteiger partial charge in [-0.15, -0.1) is 10.2 Å². The molecule has 2 aromatic heterocycles. The highest BCUT2D eigenvalue weighted by Crippen LogP contribution is 2.20. The Hall–Kier alpha value is -2.92. The first kappa shape index (κ1) is 19.8. The number of nitrogens with zero attached hydrogens (tertiary/aromatic N) is 4. The van der Waals surface area contributed by atoms with Crippen LogP contribution in [0.1, 0.15) is 21.6 Å². The maximum absolute atomic E-state index is 12.2. The molecule has 0 unspecified atom stereocenters. The van der Waals surface area contributed by atoms with E-state index in [9.17, 15) is 14.4 Å². The highest BCUT2D eigenvalue weighted by Gasteiger charge is 2.11. The highest BCUT2D eigenvalue weighted by atomic mass is 32.2. The topological polar surface area (TPSA) is 111 Å². The van der Waals surface area contributed by atoms with Gasteiger partial charge in [-0.1, -0.05) is 35.2 Å². The van der Waals surface area contributed by atoms with Gasteiger partial charge in [0.05, 0.1) is 0 Å². The summed E-state index contributed by atoms with van der Waals surface area (Å²) >= 11 is 2.57. The molecule has 146 valence electrons. The van der Waals surface area contributed by atoms with E-state index in [4.69, 9.17) is 0 Å². The molecular weight excluding hydrogens is 400 g/mol. The molecule has 3 rings (SSSR count). The van der Waals surface area contributed by atoms with E-state index in [2.05, 4.69) is 21.0 Å². The number of aryl methyl sites for hydroxylation is 2. The first-order valence-electron chi connectivity index (χ1n) is 8.24. The molecule has 1 aromatic carbocycles. The van der Waals surface area contributed by atoms with Crippen molar-refractivity contribution >= 4 is 34.9 Å². The number of amides is 2. The summed E-state index contributed by atoms with van der Waals surface area (Å²) in [4.78, 5) is 35.5. The van der Waals surface area contributed by atoms with E-state index in [1.807, 2.05) is 23.7 Å². The average Bonchev–Trinajstić information content (AvgIpc) is 3.24. The number of hydrogen-bond acceptors (Lipinski definition) is 7. The number of hydrogen-bond donors (Lipinski definition) is 2. The molecule has 0 saturated heterocycles. The lowest BCUT2D eigenvalue weighted by molar-refractivity contribution is -0.122. The average molecular weight is 419 g/mol. The van der Waals surface area contributed by atoms with Gasteiger partial charge in [0.2, 0.25) is 0 Å². The van der Waals surface area contributed by atoms with Gasteiger partial charge in [-0.2, -0.15) is 0 Å². The van der Waals surface area contributed by atoms with Crippen LogP contribution in [0.4, 0.5) is 0 Å². The fraction of sp³-hybridized carbons (Fsp3) is 0.235. The maximum Gasteiger partial charge on any atom is 0.307 e. The Bertz CT molecular complexity index is 1040. The lowest BCUT2D eigenvalue weighted by Gasteiger charge is -2.09. The number of thiazole rings is 1. The summed E-state index contributed by atoms with van der Waals surface area (Å²) in [5, 5.41) is 10.3. The van der Waals surface area contributed by atoms with Crippen LogP contribution in [-0.4, -0.2) is 31.1 Å². The third-order valence-corrected chi connectivity index (χ3v) is 5.83. The summed E-state index contributed by atoms with van der Waals surface area (Å²) < 4.78 is 3.18. The number of thioether (sulfide) groups is 1. The molecule has 0 aliphatic rings. The number of carbonyl (C=O) groups is 2. The first-order valence-corrected chi connectivity index (χ1v) is 10.1. The molecule has 2 amide bonds. The lowest BCUT2D eigenvalue weighted by Crippen LogP contribution is -2.44. The predicted octanol–water partition coefficient (Wildman–Crippen LogP) is 1.10. The lowest BCUT2D eigenvalue weighted by atomic mass is 10.1. The zero-order chi connectivity index (χ0) is 20.1. The molecule has 2 heterocycles. The van der Waals surface area contributed by atoms with Crippen molar-refractivity contribution in [1.82, 2.24) is 30.2 Å². The Labute approximate surface area is 168 Å². The van der Waals surface area contributed by atoms with Crippen LogP contribution in [0, 0.1) is 6.92 Å². The van der Waals surface area contributed by atoms with Crippen LogP contribution in [0.5, 0.6) is 0 Å². The Kier molecular flexibility index (Phi) is 6.26. The second kappa shape index (κ2) is 8.85. The third kappa shape index (κ3) is 4.87. The Morgan fingerprint density at radius 3 is 2.57 bits per heavy atom. The van der Waals surface area contributed by atoms with Crippen molar-refractivity contribution in [2.24, 2.45) is 7.05 Å². The molecule has 11 heteroatoms.